The van der Waals surface area contributed by atoms with Crippen LogP contribution in [0.1, 0.15) is 17.8 Å². The zero-order chi connectivity index (χ0) is 18.9. The highest BCUT2D eigenvalue weighted by molar-refractivity contribution is 9.10. The van der Waals surface area contributed by atoms with Crippen LogP contribution in [0.3, 0.4) is 0 Å². The van der Waals surface area contributed by atoms with E-state index >= 15 is 0 Å². The molecule has 1 aliphatic rings. The third-order valence-electron chi connectivity index (χ3n) is 4.51. The van der Waals surface area contributed by atoms with E-state index in [-0.39, 0.29) is 5.91 Å². The lowest BCUT2D eigenvalue weighted by molar-refractivity contribution is -0.132. The molecule has 0 unspecified atom stereocenters. The lowest BCUT2D eigenvalue weighted by Gasteiger charge is -2.33. The molecule has 0 N–H and O–H groups in total. The minimum Gasteiger partial charge on any atom is -0.340 e. The SMILES string of the molecule is Cc1nn(CCC(=O)N2CCN(S(=O)(=O)c3cccs3)CC2)c(C)c1Br. The van der Waals surface area contributed by atoms with Gasteiger partial charge in [-0.15, -0.1) is 11.3 Å². The second-order valence-corrected chi connectivity index (χ2v) is 10.1. The predicted molar refractivity (Wildman–Crippen MR) is 104 cm³/mol. The molecule has 10 heteroatoms. The summed E-state index contributed by atoms with van der Waals surface area (Å²) in [7, 11) is -3.44. The summed E-state index contributed by atoms with van der Waals surface area (Å²) in [5.74, 6) is 0.0295. The van der Waals surface area contributed by atoms with Gasteiger partial charge in [0.1, 0.15) is 4.21 Å². The van der Waals surface area contributed by atoms with E-state index in [9.17, 15) is 13.2 Å². The fourth-order valence-electron chi connectivity index (χ4n) is 2.97. The Morgan fingerprint density at radius 3 is 2.50 bits per heavy atom. The van der Waals surface area contributed by atoms with Crippen LogP contribution in [0.5, 0.6) is 0 Å². The molecule has 3 heterocycles. The van der Waals surface area contributed by atoms with Crippen molar-refractivity contribution < 1.29 is 13.2 Å². The Kier molecular flexibility index (Phi) is 5.85. The van der Waals surface area contributed by atoms with Crippen LogP contribution in [0.15, 0.2) is 26.2 Å². The van der Waals surface area contributed by atoms with Gasteiger partial charge in [-0.2, -0.15) is 9.40 Å². The largest absolute Gasteiger partial charge is 0.340 e. The Morgan fingerprint density at radius 1 is 1.27 bits per heavy atom. The molecule has 26 heavy (non-hydrogen) atoms. The number of hydrogen-bond acceptors (Lipinski definition) is 5. The number of sulfonamides is 1. The fraction of sp³-hybridized carbons (Fsp3) is 0.500. The van der Waals surface area contributed by atoms with Crippen molar-refractivity contribution in [2.75, 3.05) is 26.2 Å². The molecule has 2 aromatic rings. The van der Waals surface area contributed by atoms with Crippen LogP contribution >= 0.6 is 27.3 Å². The van der Waals surface area contributed by atoms with Crippen LogP contribution in [-0.4, -0.2) is 59.5 Å². The number of piperazine rings is 1. The molecule has 1 fully saturated rings. The summed E-state index contributed by atoms with van der Waals surface area (Å²) < 4.78 is 29.7. The van der Waals surface area contributed by atoms with Gasteiger partial charge >= 0.3 is 0 Å². The molecule has 0 radical (unpaired) electrons. The molecular weight excluding hydrogens is 440 g/mol. The van der Waals surface area contributed by atoms with Gasteiger partial charge in [0.25, 0.3) is 10.0 Å². The minimum absolute atomic E-state index is 0.0295. The number of rotatable bonds is 5. The van der Waals surface area contributed by atoms with Crippen LogP contribution in [0.25, 0.3) is 0 Å². The average Bonchev–Trinajstić information content (AvgIpc) is 3.26. The van der Waals surface area contributed by atoms with E-state index in [1.807, 2.05) is 18.5 Å². The maximum atomic E-state index is 12.5. The molecule has 0 bridgehead atoms. The average molecular weight is 461 g/mol. The Balaban J connectivity index is 1.54. The highest BCUT2D eigenvalue weighted by Gasteiger charge is 2.30. The van der Waals surface area contributed by atoms with Gasteiger partial charge in [0, 0.05) is 38.3 Å². The molecule has 0 spiro atoms. The van der Waals surface area contributed by atoms with Gasteiger partial charge in [-0.1, -0.05) is 6.07 Å². The predicted octanol–water partition coefficient (Wildman–Crippen LogP) is 2.25. The second-order valence-electron chi connectivity index (χ2n) is 6.17. The van der Waals surface area contributed by atoms with Crippen LogP contribution in [0, 0.1) is 13.8 Å². The number of thiophene rings is 1. The first kappa shape index (κ1) is 19.5. The molecule has 0 aliphatic carbocycles. The maximum absolute atomic E-state index is 12.5. The molecule has 0 atom stereocenters. The topological polar surface area (TPSA) is 75.5 Å². The summed E-state index contributed by atoms with van der Waals surface area (Å²) in [5.41, 5.74) is 1.91. The van der Waals surface area contributed by atoms with E-state index in [1.165, 1.54) is 15.6 Å². The summed E-state index contributed by atoms with van der Waals surface area (Å²) in [4.78, 5) is 14.2. The van der Waals surface area contributed by atoms with E-state index in [1.54, 1.807) is 22.4 Å². The van der Waals surface area contributed by atoms with Crippen molar-refractivity contribution in [3.63, 3.8) is 0 Å². The maximum Gasteiger partial charge on any atom is 0.252 e. The smallest absolute Gasteiger partial charge is 0.252 e. The van der Waals surface area contributed by atoms with Crippen LogP contribution in [0.4, 0.5) is 0 Å². The van der Waals surface area contributed by atoms with E-state index in [4.69, 9.17) is 0 Å². The van der Waals surface area contributed by atoms with Crippen LogP contribution in [0.2, 0.25) is 0 Å². The van der Waals surface area contributed by atoms with Crippen molar-refractivity contribution in [2.24, 2.45) is 0 Å². The molecular formula is C16H21BrN4O3S2. The molecule has 0 saturated carbocycles. The van der Waals surface area contributed by atoms with E-state index in [0.717, 1.165) is 15.9 Å². The standard InChI is InChI=1S/C16H21BrN4O3S2/c1-12-16(17)13(2)21(18-12)6-5-14(22)19-7-9-20(10-8-19)26(23,24)15-4-3-11-25-15/h3-4,11H,5-10H2,1-2H3. The normalized spacial score (nSPS) is 16.2. The molecule has 142 valence electrons. The highest BCUT2D eigenvalue weighted by atomic mass is 79.9. The van der Waals surface area contributed by atoms with Crippen molar-refractivity contribution in [1.82, 2.24) is 19.0 Å². The summed E-state index contributed by atoms with van der Waals surface area (Å²) in [6, 6.07) is 3.35. The number of nitrogens with zero attached hydrogens (tertiary/aromatic N) is 4. The van der Waals surface area contributed by atoms with Gasteiger partial charge in [0.05, 0.1) is 16.7 Å². The first-order valence-corrected chi connectivity index (χ1v) is 11.4. The Hall–Kier alpha value is -1.23. The molecule has 1 amide bonds. The number of aromatic nitrogens is 2. The van der Waals surface area contributed by atoms with E-state index < -0.39 is 10.0 Å². The first-order valence-electron chi connectivity index (χ1n) is 8.31. The van der Waals surface area contributed by atoms with Crippen LogP contribution < -0.4 is 0 Å². The monoisotopic (exact) mass is 460 g/mol. The van der Waals surface area contributed by atoms with Gasteiger partial charge < -0.3 is 4.90 Å². The Labute approximate surface area is 165 Å². The third kappa shape index (κ3) is 3.88. The van der Waals surface area contributed by atoms with Gasteiger partial charge in [-0.05, 0) is 41.2 Å². The number of hydrogen-bond donors (Lipinski definition) is 0. The van der Waals surface area contributed by atoms with Gasteiger partial charge in [0.2, 0.25) is 5.91 Å². The summed E-state index contributed by atoms with van der Waals surface area (Å²) in [5, 5.41) is 6.17. The number of amides is 1. The van der Waals surface area contributed by atoms with Crippen molar-refractivity contribution in [3.8, 4) is 0 Å². The zero-order valence-electron chi connectivity index (χ0n) is 14.7. The number of carbonyl (C=O) groups excluding carboxylic acids is 1. The number of aryl methyl sites for hydroxylation is 2. The van der Waals surface area contributed by atoms with Crippen molar-refractivity contribution in [3.05, 3.63) is 33.4 Å². The quantitative estimate of drug-likeness (QED) is 0.685. The Bertz CT molecular complexity index is 885. The molecule has 7 nitrogen and oxygen atoms in total. The fourth-order valence-corrected chi connectivity index (χ4v) is 5.82. The molecule has 2 aromatic heterocycles. The molecule has 0 aromatic carbocycles. The zero-order valence-corrected chi connectivity index (χ0v) is 17.9. The van der Waals surface area contributed by atoms with E-state index in [2.05, 4.69) is 21.0 Å². The third-order valence-corrected chi connectivity index (χ3v) is 8.93. The van der Waals surface area contributed by atoms with Crippen molar-refractivity contribution in [2.45, 2.75) is 31.0 Å². The lowest BCUT2D eigenvalue weighted by atomic mass is 10.3. The number of halogens is 1. The lowest BCUT2D eigenvalue weighted by Crippen LogP contribution is -2.50. The summed E-state index contributed by atoms with van der Waals surface area (Å²) in [6.45, 7) is 5.90. The van der Waals surface area contributed by atoms with Crippen molar-refractivity contribution >= 4 is 43.2 Å². The molecule has 1 saturated heterocycles. The minimum atomic E-state index is -3.44. The summed E-state index contributed by atoms with van der Waals surface area (Å²) >= 11 is 4.70. The summed E-state index contributed by atoms with van der Waals surface area (Å²) in [6.07, 6.45) is 0.353. The van der Waals surface area contributed by atoms with Gasteiger partial charge in [-0.25, -0.2) is 8.42 Å². The molecule has 1 aliphatic heterocycles. The van der Waals surface area contributed by atoms with Gasteiger partial charge in [0.15, 0.2) is 0 Å². The number of carbonyl (C=O) groups is 1. The Morgan fingerprint density at radius 2 is 1.96 bits per heavy atom. The highest BCUT2D eigenvalue weighted by Crippen LogP contribution is 2.23. The molecule has 3 rings (SSSR count). The van der Waals surface area contributed by atoms with Crippen LogP contribution in [-0.2, 0) is 21.4 Å². The van der Waals surface area contributed by atoms with Crippen molar-refractivity contribution in [1.29, 1.82) is 0 Å². The second kappa shape index (κ2) is 7.79. The van der Waals surface area contributed by atoms with E-state index in [0.29, 0.717) is 43.4 Å². The van der Waals surface area contributed by atoms with Gasteiger partial charge in [-0.3, -0.25) is 9.48 Å². The first-order chi connectivity index (χ1) is 12.3.